The minimum atomic E-state index is 0.513. The van der Waals surface area contributed by atoms with Crippen molar-refractivity contribution >= 4 is 11.0 Å². The third kappa shape index (κ3) is 2.07. The van der Waals surface area contributed by atoms with Crippen molar-refractivity contribution < 1.29 is 4.74 Å². The van der Waals surface area contributed by atoms with Gasteiger partial charge < -0.3 is 4.74 Å². The molecule has 0 radical (unpaired) electrons. The first-order valence-electron chi connectivity index (χ1n) is 6.18. The molecule has 0 amide bonds. The zero-order valence-corrected chi connectivity index (χ0v) is 10.0. The van der Waals surface area contributed by atoms with Crippen LogP contribution in [0.15, 0.2) is 18.2 Å². The molecule has 0 spiro atoms. The number of fused-ring (bicyclic) bond motifs is 1. The number of nitriles is 1. The lowest BCUT2D eigenvalue weighted by Gasteiger charge is -2.21. The van der Waals surface area contributed by atoms with Crippen molar-refractivity contribution in [2.24, 2.45) is 5.92 Å². The van der Waals surface area contributed by atoms with Gasteiger partial charge in [0, 0.05) is 19.1 Å². The zero-order chi connectivity index (χ0) is 12.4. The molecule has 5 nitrogen and oxygen atoms in total. The first kappa shape index (κ1) is 11.2. The fourth-order valence-corrected chi connectivity index (χ4v) is 2.37. The van der Waals surface area contributed by atoms with Crippen LogP contribution in [0.2, 0.25) is 0 Å². The van der Waals surface area contributed by atoms with Gasteiger partial charge in [-0.1, -0.05) is 5.21 Å². The molecule has 1 aliphatic rings. The summed E-state index contributed by atoms with van der Waals surface area (Å²) in [4.78, 5) is 0. The maximum absolute atomic E-state index is 8.84. The maximum atomic E-state index is 8.84. The van der Waals surface area contributed by atoms with E-state index in [1.54, 1.807) is 12.1 Å². The number of aromatic nitrogens is 3. The van der Waals surface area contributed by atoms with Crippen molar-refractivity contribution in [1.82, 2.24) is 15.0 Å². The van der Waals surface area contributed by atoms with Gasteiger partial charge in [-0.2, -0.15) is 5.26 Å². The molecule has 0 N–H and O–H groups in total. The Morgan fingerprint density at radius 3 is 3.22 bits per heavy atom. The Bertz CT molecular complexity index is 593. The molecule has 1 atom stereocenters. The lowest BCUT2D eigenvalue weighted by atomic mass is 10.0. The standard InChI is InChI=1S/C13H14N4O/c14-7-10-3-4-13-12(6-10)15-16-17(13)8-11-2-1-5-18-9-11/h3-4,6,11H,1-2,5,8-9H2. The van der Waals surface area contributed by atoms with E-state index in [-0.39, 0.29) is 0 Å². The van der Waals surface area contributed by atoms with Crippen molar-refractivity contribution in [2.75, 3.05) is 13.2 Å². The van der Waals surface area contributed by atoms with Gasteiger partial charge in [0.2, 0.25) is 0 Å². The summed E-state index contributed by atoms with van der Waals surface area (Å²) in [7, 11) is 0. The molecule has 0 bridgehead atoms. The van der Waals surface area contributed by atoms with E-state index in [0.717, 1.165) is 37.2 Å². The Kier molecular flexibility index (Phi) is 2.95. The zero-order valence-electron chi connectivity index (χ0n) is 10.0. The number of rotatable bonds is 2. The van der Waals surface area contributed by atoms with E-state index < -0.39 is 0 Å². The smallest absolute Gasteiger partial charge is 0.114 e. The molecule has 3 rings (SSSR count). The van der Waals surface area contributed by atoms with Crippen LogP contribution < -0.4 is 0 Å². The SMILES string of the molecule is N#Cc1ccc2c(c1)nnn2CC1CCCOC1. The van der Waals surface area contributed by atoms with E-state index in [0.29, 0.717) is 11.5 Å². The van der Waals surface area contributed by atoms with Crippen LogP contribution in [0.3, 0.4) is 0 Å². The largest absolute Gasteiger partial charge is 0.381 e. The van der Waals surface area contributed by atoms with Gasteiger partial charge in [0.25, 0.3) is 0 Å². The van der Waals surface area contributed by atoms with Gasteiger partial charge in [0.1, 0.15) is 5.52 Å². The van der Waals surface area contributed by atoms with Crippen LogP contribution in [-0.2, 0) is 11.3 Å². The maximum Gasteiger partial charge on any atom is 0.114 e. The highest BCUT2D eigenvalue weighted by atomic mass is 16.5. The molecule has 2 aromatic rings. The molecular formula is C13H14N4O. The fraction of sp³-hybridized carbons (Fsp3) is 0.462. The van der Waals surface area contributed by atoms with Crippen molar-refractivity contribution in [3.8, 4) is 6.07 Å². The second kappa shape index (κ2) is 4.75. The van der Waals surface area contributed by atoms with E-state index >= 15 is 0 Å². The molecule has 18 heavy (non-hydrogen) atoms. The van der Waals surface area contributed by atoms with Crippen molar-refractivity contribution in [2.45, 2.75) is 19.4 Å². The first-order valence-corrected chi connectivity index (χ1v) is 6.18. The van der Waals surface area contributed by atoms with E-state index in [1.165, 1.54) is 6.42 Å². The van der Waals surface area contributed by atoms with Crippen LogP contribution in [0, 0.1) is 17.2 Å². The molecule has 92 valence electrons. The van der Waals surface area contributed by atoms with Gasteiger partial charge in [0.15, 0.2) is 0 Å². The highest BCUT2D eigenvalue weighted by Gasteiger charge is 2.16. The molecule has 1 fully saturated rings. The van der Waals surface area contributed by atoms with Gasteiger partial charge >= 0.3 is 0 Å². The second-order valence-electron chi connectivity index (χ2n) is 4.67. The first-order chi connectivity index (χ1) is 8.86. The predicted molar refractivity (Wildman–Crippen MR) is 65.8 cm³/mol. The van der Waals surface area contributed by atoms with Crippen LogP contribution in [0.1, 0.15) is 18.4 Å². The Morgan fingerprint density at radius 2 is 2.44 bits per heavy atom. The monoisotopic (exact) mass is 242 g/mol. The number of ether oxygens (including phenoxy) is 1. The fourth-order valence-electron chi connectivity index (χ4n) is 2.37. The molecule has 1 unspecified atom stereocenters. The quantitative estimate of drug-likeness (QED) is 0.804. The average Bonchev–Trinajstić information content (AvgIpc) is 2.82. The Hall–Kier alpha value is -1.93. The van der Waals surface area contributed by atoms with Crippen molar-refractivity contribution in [3.63, 3.8) is 0 Å². The molecule has 0 aliphatic carbocycles. The summed E-state index contributed by atoms with van der Waals surface area (Å²) in [6.07, 6.45) is 2.30. The molecular weight excluding hydrogens is 228 g/mol. The summed E-state index contributed by atoms with van der Waals surface area (Å²) in [5.74, 6) is 0.513. The minimum Gasteiger partial charge on any atom is -0.381 e. The van der Waals surface area contributed by atoms with Gasteiger partial charge in [-0.05, 0) is 31.0 Å². The van der Waals surface area contributed by atoms with E-state index in [2.05, 4.69) is 16.4 Å². The van der Waals surface area contributed by atoms with Gasteiger partial charge in [-0.25, -0.2) is 4.68 Å². The lowest BCUT2D eigenvalue weighted by molar-refractivity contribution is 0.0473. The summed E-state index contributed by atoms with van der Waals surface area (Å²) < 4.78 is 7.39. The summed E-state index contributed by atoms with van der Waals surface area (Å²) in [5.41, 5.74) is 2.39. The number of hydrogen-bond acceptors (Lipinski definition) is 4. The summed E-state index contributed by atoms with van der Waals surface area (Å²) >= 11 is 0. The van der Waals surface area contributed by atoms with Crippen LogP contribution in [0.5, 0.6) is 0 Å². The van der Waals surface area contributed by atoms with Gasteiger partial charge in [0.05, 0.1) is 23.8 Å². The third-order valence-corrected chi connectivity index (χ3v) is 3.33. The van der Waals surface area contributed by atoms with E-state index in [4.69, 9.17) is 10.00 Å². The molecule has 5 heteroatoms. The molecule has 0 saturated carbocycles. The second-order valence-corrected chi connectivity index (χ2v) is 4.67. The Balaban J connectivity index is 1.86. The van der Waals surface area contributed by atoms with Crippen LogP contribution in [0.25, 0.3) is 11.0 Å². The topological polar surface area (TPSA) is 63.7 Å². The van der Waals surface area contributed by atoms with Gasteiger partial charge in [-0.3, -0.25) is 0 Å². The highest BCUT2D eigenvalue weighted by Crippen LogP contribution is 2.19. The highest BCUT2D eigenvalue weighted by molar-refractivity contribution is 5.75. The third-order valence-electron chi connectivity index (χ3n) is 3.33. The van der Waals surface area contributed by atoms with Crippen molar-refractivity contribution in [1.29, 1.82) is 5.26 Å². The molecule has 1 saturated heterocycles. The van der Waals surface area contributed by atoms with E-state index in [1.807, 2.05) is 10.7 Å². The summed E-state index contributed by atoms with van der Waals surface area (Å²) in [6, 6.07) is 7.61. The Labute approximate surface area is 105 Å². The van der Waals surface area contributed by atoms with Crippen LogP contribution >= 0.6 is 0 Å². The number of hydrogen-bond donors (Lipinski definition) is 0. The summed E-state index contributed by atoms with van der Waals surface area (Å²) in [6.45, 7) is 2.51. The van der Waals surface area contributed by atoms with E-state index in [9.17, 15) is 0 Å². The van der Waals surface area contributed by atoms with Gasteiger partial charge in [-0.15, -0.1) is 5.10 Å². The van der Waals surface area contributed by atoms with Crippen molar-refractivity contribution in [3.05, 3.63) is 23.8 Å². The Morgan fingerprint density at radius 1 is 1.50 bits per heavy atom. The predicted octanol–water partition coefficient (Wildman–Crippen LogP) is 1.73. The molecule has 1 aromatic carbocycles. The molecule has 1 aromatic heterocycles. The molecule has 2 heterocycles. The summed E-state index contributed by atoms with van der Waals surface area (Å²) in [5, 5.41) is 17.1. The number of nitrogens with zero attached hydrogens (tertiary/aromatic N) is 4. The van der Waals surface area contributed by atoms with Crippen LogP contribution in [0.4, 0.5) is 0 Å². The van der Waals surface area contributed by atoms with Crippen LogP contribution in [-0.4, -0.2) is 28.2 Å². The normalized spacial score (nSPS) is 19.8. The minimum absolute atomic E-state index is 0.513. The number of benzene rings is 1. The lowest BCUT2D eigenvalue weighted by Crippen LogP contribution is -2.22. The molecule has 1 aliphatic heterocycles. The average molecular weight is 242 g/mol.